The predicted molar refractivity (Wildman–Crippen MR) is 54.5 cm³/mol. The molecular weight excluding hydrogens is 272 g/mol. The van der Waals surface area contributed by atoms with Crippen molar-refractivity contribution < 1.29 is 31.9 Å². The maximum atomic E-state index is 12.9. The Labute approximate surface area is 101 Å². The number of carbonyl (C=O) groups excluding carboxylic acids is 1. The molecule has 0 saturated carbocycles. The Hall–Kier alpha value is -2.38. The number of carbonyl (C=O) groups is 1. The van der Waals surface area contributed by atoms with Gasteiger partial charge in [0, 0.05) is 0 Å². The Kier molecular flexibility index (Phi) is 2.80. The summed E-state index contributed by atoms with van der Waals surface area (Å²) >= 11 is 0. The van der Waals surface area contributed by atoms with E-state index < -0.39 is 40.1 Å². The number of fused-ring (bicyclic) bond motifs is 1. The van der Waals surface area contributed by atoms with Gasteiger partial charge in [-0.25, -0.2) is 9.18 Å². The lowest BCUT2D eigenvalue weighted by atomic mass is 10.1. The topological polar surface area (TPSA) is 67.5 Å². The largest absolute Gasteiger partial charge is 0.506 e. The fourth-order valence-electron chi connectivity index (χ4n) is 1.50. The molecule has 0 aliphatic rings. The molecule has 2 rings (SSSR count). The molecule has 100 valence electrons. The van der Waals surface area contributed by atoms with Gasteiger partial charge in [0.15, 0.2) is 5.56 Å². The number of rotatable bonds is 1. The summed E-state index contributed by atoms with van der Waals surface area (Å²) in [7, 11) is 0. The first kappa shape index (κ1) is 13.1. The Morgan fingerprint density at radius 2 is 1.89 bits per heavy atom. The van der Waals surface area contributed by atoms with Crippen LogP contribution in [-0.4, -0.2) is 17.1 Å². The molecule has 8 heteroatoms. The number of aromatic hydroxyl groups is 1. The highest BCUT2D eigenvalue weighted by Crippen LogP contribution is 2.31. The summed E-state index contributed by atoms with van der Waals surface area (Å²) in [5.41, 5.74) is -3.54. The first-order valence-electron chi connectivity index (χ1n) is 4.78. The van der Waals surface area contributed by atoms with E-state index >= 15 is 0 Å². The molecule has 1 aromatic heterocycles. The molecule has 0 atom stereocenters. The molecule has 1 heterocycles. The molecule has 2 aromatic rings. The van der Waals surface area contributed by atoms with Crippen molar-refractivity contribution in [3.8, 4) is 5.75 Å². The summed E-state index contributed by atoms with van der Waals surface area (Å²) in [6.45, 7) is 0. The molecule has 0 saturated heterocycles. The highest BCUT2D eigenvalue weighted by molar-refractivity contribution is 6.05. The minimum atomic E-state index is -5.35. The molecular formula is C11H4F4O4. The minimum Gasteiger partial charge on any atom is -0.506 e. The normalized spacial score (nSPS) is 11.8. The van der Waals surface area contributed by atoms with Crippen molar-refractivity contribution in [3.05, 3.63) is 40.0 Å². The van der Waals surface area contributed by atoms with Gasteiger partial charge in [0.2, 0.25) is 0 Å². The quantitative estimate of drug-likeness (QED) is 0.493. The van der Waals surface area contributed by atoms with E-state index in [-0.39, 0.29) is 5.58 Å². The third-order valence-corrected chi connectivity index (χ3v) is 2.32. The van der Waals surface area contributed by atoms with Crippen LogP contribution in [0.3, 0.4) is 0 Å². The van der Waals surface area contributed by atoms with Crippen LogP contribution < -0.4 is 5.63 Å². The molecule has 4 nitrogen and oxygen atoms in total. The predicted octanol–water partition coefficient (Wildman–Crippen LogP) is 2.38. The van der Waals surface area contributed by atoms with Crippen molar-refractivity contribution in [2.24, 2.45) is 0 Å². The molecule has 0 unspecified atom stereocenters. The summed E-state index contributed by atoms with van der Waals surface area (Å²) < 4.78 is 54.2. The van der Waals surface area contributed by atoms with Crippen LogP contribution in [0.2, 0.25) is 0 Å². The Bertz CT molecular complexity index is 730. The molecule has 0 spiro atoms. The Morgan fingerprint density at radius 3 is 2.47 bits per heavy atom. The van der Waals surface area contributed by atoms with E-state index in [2.05, 4.69) is 4.42 Å². The van der Waals surface area contributed by atoms with Crippen molar-refractivity contribution in [1.82, 2.24) is 0 Å². The molecule has 19 heavy (non-hydrogen) atoms. The molecule has 1 aromatic carbocycles. The summed E-state index contributed by atoms with van der Waals surface area (Å²) in [4.78, 5) is 22.3. The minimum absolute atomic E-state index is 0.331. The average molecular weight is 276 g/mol. The first-order valence-corrected chi connectivity index (χ1v) is 4.78. The maximum Gasteiger partial charge on any atom is 0.455 e. The van der Waals surface area contributed by atoms with Gasteiger partial charge < -0.3 is 9.52 Å². The SMILES string of the molecule is O=C(c1c(O)c2cc(F)ccc2oc1=O)C(F)(F)F. The van der Waals surface area contributed by atoms with Gasteiger partial charge in [0.1, 0.15) is 17.1 Å². The van der Waals surface area contributed by atoms with Crippen LogP contribution >= 0.6 is 0 Å². The van der Waals surface area contributed by atoms with E-state index in [1.54, 1.807) is 0 Å². The van der Waals surface area contributed by atoms with Gasteiger partial charge in [-0.1, -0.05) is 0 Å². The molecule has 0 radical (unpaired) electrons. The van der Waals surface area contributed by atoms with Crippen LogP contribution in [0.5, 0.6) is 5.75 Å². The smallest absolute Gasteiger partial charge is 0.455 e. The standard InChI is InChI=1S/C11H4F4O4/c12-4-1-2-6-5(3-4)8(16)7(10(18)19-6)9(17)11(13,14)15/h1-3,16H. The molecule has 0 aliphatic carbocycles. The number of alkyl halides is 3. The lowest BCUT2D eigenvalue weighted by Crippen LogP contribution is -2.28. The van der Waals surface area contributed by atoms with E-state index in [9.17, 15) is 32.3 Å². The van der Waals surface area contributed by atoms with Crippen molar-refractivity contribution in [2.45, 2.75) is 6.18 Å². The number of ketones is 1. The van der Waals surface area contributed by atoms with Crippen molar-refractivity contribution in [2.75, 3.05) is 0 Å². The van der Waals surface area contributed by atoms with Gasteiger partial charge >= 0.3 is 11.8 Å². The second-order valence-electron chi connectivity index (χ2n) is 3.58. The molecule has 1 N–H and O–H groups in total. The van der Waals surface area contributed by atoms with Gasteiger partial charge in [0.05, 0.1) is 5.39 Å². The van der Waals surface area contributed by atoms with Crippen molar-refractivity contribution in [3.63, 3.8) is 0 Å². The Morgan fingerprint density at radius 1 is 1.26 bits per heavy atom. The average Bonchev–Trinajstić information content (AvgIpc) is 2.29. The van der Waals surface area contributed by atoms with Crippen molar-refractivity contribution >= 4 is 16.8 Å². The van der Waals surface area contributed by atoms with E-state index in [1.807, 2.05) is 0 Å². The van der Waals surface area contributed by atoms with Crippen LogP contribution in [0, 0.1) is 5.82 Å². The zero-order valence-corrected chi connectivity index (χ0v) is 8.92. The lowest BCUT2D eigenvalue weighted by molar-refractivity contribution is -0.0888. The summed E-state index contributed by atoms with van der Waals surface area (Å²) in [5.74, 6) is -4.68. The van der Waals surface area contributed by atoms with Crippen LogP contribution in [0.1, 0.15) is 10.4 Å². The second-order valence-corrected chi connectivity index (χ2v) is 3.58. The summed E-state index contributed by atoms with van der Waals surface area (Å²) in [6.07, 6.45) is -5.35. The molecule has 0 fully saturated rings. The molecule has 0 bridgehead atoms. The first-order chi connectivity index (χ1) is 8.71. The molecule has 0 amide bonds. The monoisotopic (exact) mass is 276 g/mol. The number of hydrogen-bond acceptors (Lipinski definition) is 4. The van der Waals surface area contributed by atoms with Crippen LogP contribution in [0.15, 0.2) is 27.4 Å². The highest BCUT2D eigenvalue weighted by Gasteiger charge is 2.43. The number of Topliss-reactive ketones (excluding diaryl/α,β-unsaturated/α-hetero) is 1. The van der Waals surface area contributed by atoms with E-state index in [0.717, 1.165) is 12.1 Å². The summed E-state index contributed by atoms with van der Waals surface area (Å²) in [6, 6.07) is 2.49. The van der Waals surface area contributed by atoms with E-state index in [1.165, 1.54) is 0 Å². The van der Waals surface area contributed by atoms with E-state index in [4.69, 9.17) is 0 Å². The summed E-state index contributed by atoms with van der Waals surface area (Å²) in [5, 5.41) is 9.05. The lowest BCUT2D eigenvalue weighted by Gasteiger charge is -2.07. The Balaban J connectivity index is 2.83. The number of halogens is 4. The fourth-order valence-corrected chi connectivity index (χ4v) is 1.50. The van der Waals surface area contributed by atoms with Gasteiger partial charge in [-0.2, -0.15) is 13.2 Å². The third-order valence-electron chi connectivity index (χ3n) is 2.32. The van der Waals surface area contributed by atoms with E-state index in [0.29, 0.717) is 6.07 Å². The van der Waals surface area contributed by atoms with Crippen LogP contribution in [0.25, 0.3) is 11.0 Å². The number of benzene rings is 1. The van der Waals surface area contributed by atoms with Crippen LogP contribution in [-0.2, 0) is 0 Å². The van der Waals surface area contributed by atoms with Gasteiger partial charge in [-0.05, 0) is 18.2 Å². The van der Waals surface area contributed by atoms with Gasteiger partial charge in [-0.3, -0.25) is 4.79 Å². The maximum absolute atomic E-state index is 12.9. The fraction of sp³-hybridized carbons (Fsp3) is 0.0909. The van der Waals surface area contributed by atoms with Crippen molar-refractivity contribution in [1.29, 1.82) is 0 Å². The molecule has 0 aliphatic heterocycles. The zero-order chi connectivity index (χ0) is 14.4. The van der Waals surface area contributed by atoms with Gasteiger partial charge in [0.25, 0.3) is 5.78 Å². The number of hydrogen-bond donors (Lipinski definition) is 1. The van der Waals surface area contributed by atoms with Crippen LogP contribution in [0.4, 0.5) is 17.6 Å². The second kappa shape index (κ2) is 4.08. The zero-order valence-electron chi connectivity index (χ0n) is 8.92. The third kappa shape index (κ3) is 2.16. The highest BCUT2D eigenvalue weighted by atomic mass is 19.4. The van der Waals surface area contributed by atoms with Gasteiger partial charge in [-0.15, -0.1) is 0 Å².